The number of hydrazone groups is 1. The highest BCUT2D eigenvalue weighted by Crippen LogP contribution is 2.20. The number of amides is 1. The third-order valence-corrected chi connectivity index (χ3v) is 6.58. The first-order valence-corrected chi connectivity index (χ1v) is 11.8. The van der Waals surface area contributed by atoms with E-state index in [4.69, 9.17) is 0 Å². The summed E-state index contributed by atoms with van der Waals surface area (Å²) in [6, 6.07) is 16.1. The van der Waals surface area contributed by atoms with E-state index in [-0.39, 0.29) is 5.91 Å². The molecule has 4 rings (SSSR count). The van der Waals surface area contributed by atoms with Crippen molar-refractivity contribution in [1.29, 1.82) is 0 Å². The van der Waals surface area contributed by atoms with Crippen molar-refractivity contribution in [2.45, 2.75) is 38.6 Å². The molecule has 0 spiro atoms. The number of aliphatic hydroxyl groups excluding tert-OH is 1. The second kappa shape index (κ2) is 11.2. The van der Waals surface area contributed by atoms with Crippen LogP contribution >= 0.6 is 0 Å². The van der Waals surface area contributed by atoms with Gasteiger partial charge in [0.1, 0.15) is 0 Å². The van der Waals surface area contributed by atoms with Crippen LogP contribution in [0.15, 0.2) is 53.6 Å². The molecule has 2 saturated heterocycles. The molecule has 2 aromatic carbocycles. The van der Waals surface area contributed by atoms with Gasteiger partial charge in [-0.1, -0.05) is 24.3 Å². The Morgan fingerprint density at radius 2 is 1.66 bits per heavy atom. The van der Waals surface area contributed by atoms with Crippen LogP contribution in [0.1, 0.15) is 53.6 Å². The molecule has 170 valence electrons. The SMILES string of the molecule is O=C(N/N=C/c1ccc(N2CCCCC2)cc1)c1ccc(CN2CCC(CO)CC2)cc1. The lowest BCUT2D eigenvalue weighted by Gasteiger charge is -2.31. The topological polar surface area (TPSA) is 68.2 Å². The van der Waals surface area contributed by atoms with Gasteiger partial charge in [-0.3, -0.25) is 9.69 Å². The van der Waals surface area contributed by atoms with Gasteiger partial charge < -0.3 is 10.0 Å². The number of anilines is 1. The first-order chi connectivity index (χ1) is 15.7. The summed E-state index contributed by atoms with van der Waals surface area (Å²) in [5.74, 6) is 0.243. The van der Waals surface area contributed by atoms with Gasteiger partial charge in [0, 0.05) is 37.5 Å². The van der Waals surface area contributed by atoms with Gasteiger partial charge in [-0.05, 0) is 86.5 Å². The molecule has 2 aliphatic heterocycles. The van der Waals surface area contributed by atoms with Crippen molar-refractivity contribution in [3.63, 3.8) is 0 Å². The number of likely N-dealkylation sites (tertiary alicyclic amines) is 1. The summed E-state index contributed by atoms with van der Waals surface area (Å²) in [4.78, 5) is 17.2. The van der Waals surface area contributed by atoms with Gasteiger partial charge in [0.2, 0.25) is 0 Å². The fraction of sp³-hybridized carbons (Fsp3) is 0.462. The highest BCUT2D eigenvalue weighted by atomic mass is 16.3. The maximum atomic E-state index is 12.4. The van der Waals surface area contributed by atoms with Crippen molar-refractivity contribution in [2.24, 2.45) is 11.0 Å². The molecule has 0 aliphatic carbocycles. The van der Waals surface area contributed by atoms with Crippen LogP contribution in [0.25, 0.3) is 0 Å². The van der Waals surface area contributed by atoms with Crippen LogP contribution in [0, 0.1) is 5.92 Å². The van der Waals surface area contributed by atoms with E-state index in [1.54, 1.807) is 6.21 Å². The molecular weight excluding hydrogens is 400 g/mol. The Morgan fingerprint density at radius 3 is 2.31 bits per heavy atom. The van der Waals surface area contributed by atoms with Gasteiger partial charge in [0.15, 0.2) is 0 Å². The fourth-order valence-electron chi connectivity index (χ4n) is 4.50. The first kappa shape index (κ1) is 22.5. The highest BCUT2D eigenvalue weighted by Gasteiger charge is 2.18. The van der Waals surface area contributed by atoms with Gasteiger partial charge in [0.25, 0.3) is 5.91 Å². The fourth-order valence-corrected chi connectivity index (χ4v) is 4.50. The van der Waals surface area contributed by atoms with Gasteiger partial charge in [-0.25, -0.2) is 5.43 Å². The molecule has 0 saturated carbocycles. The summed E-state index contributed by atoms with van der Waals surface area (Å²) in [5.41, 5.74) is 6.64. The molecule has 2 fully saturated rings. The standard InChI is InChI=1S/C26H34N4O2/c31-20-23-12-16-29(17-13-23)19-22-4-8-24(9-5-22)26(32)28-27-18-21-6-10-25(11-7-21)30-14-2-1-3-15-30/h4-11,18,23,31H,1-3,12-17,19-20H2,(H,28,32)/b27-18+. The third-order valence-electron chi connectivity index (χ3n) is 6.58. The normalized spacial score (nSPS) is 18.2. The summed E-state index contributed by atoms with van der Waals surface area (Å²) in [6.07, 6.45) is 7.64. The van der Waals surface area contributed by atoms with E-state index in [2.05, 4.69) is 32.5 Å². The summed E-state index contributed by atoms with van der Waals surface area (Å²) >= 11 is 0. The number of aliphatic hydroxyl groups is 1. The average molecular weight is 435 g/mol. The minimum Gasteiger partial charge on any atom is -0.396 e. The number of benzene rings is 2. The van der Waals surface area contributed by atoms with E-state index in [0.29, 0.717) is 18.1 Å². The van der Waals surface area contributed by atoms with E-state index in [0.717, 1.165) is 51.1 Å². The van der Waals surface area contributed by atoms with Crippen LogP contribution < -0.4 is 10.3 Å². The number of nitrogens with one attached hydrogen (secondary N) is 1. The average Bonchev–Trinajstić information content (AvgIpc) is 2.86. The van der Waals surface area contributed by atoms with Crippen LogP contribution in [0.5, 0.6) is 0 Å². The smallest absolute Gasteiger partial charge is 0.271 e. The Balaban J connectivity index is 1.24. The Labute approximate surface area is 190 Å². The number of carbonyl (C=O) groups is 1. The molecule has 2 aliphatic rings. The maximum Gasteiger partial charge on any atom is 0.271 e. The molecule has 2 heterocycles. The Kier molecular flexibility index (Phi) is 7.91. The molecule has 0 unspecified atom stereocenters. The zero-order valence-corrected chi connectivity index (χ0v) is 18.7. The molecular formula is C26H34N4O2. The van der Waals surface area contributed by atoms with E-state index >= 15 is 0 Å². The zero-order valence-electron chi connectivity index (χ0n) is 18.7. The number of hydrogen-bond acceptors (Lipinski definition) is 5. The Morgan fingerprint density at radius 1 is 0.969 bits per heavy atom. The lowest BCUT2D eigenvalue weighted by molar-refractivity contribution is 0.0955. The minimum absolute atomic E-state index is 0.207. The van der Waals surface area contributed by atoms with Crippen LogP contribution in [-0.2, 0) is 6.54 Å². The molecule has 0 atom stereocenters. The second-order valence-corrected chi connectivity index (χ2v) is 8.94. The van der Waals surface area contributed by atoms with E-state index in [1.165, 1.54) is 30.5 Å². The highest BCUT2D eigenvalue weighted by molar-refractivity contribution is 5.94. The Hall–Kier alpha value is -2.70. The number of piperidine rings is 2. The van der Waals surface area contributed by atoms with Gasteiger partial charge in [0.05, 0.1) is 6.21 Å². The van der Waals surface area contributed by atoms with Crippen LogP contribution in [0.2, 0.25) is 0 Å². The van der Waals surface area contributed by atoms with Crippen molar-refractivity contribution in [2.75, 3.05) is 37.7 Å². The van der Waals surface area contributed by atoms with Gasteiger partial charge in [-0.15, -0.1) is 0 Å². The first-order valence-electron chi connectivity index (χ1n) is 11.8. The molecule has 32 heavy (non-hydrogen) atoms. The Bertz CT molecular complexity index is 881. The summed E-state index contributed by atoms with van der Waals surface area (Å²) in [5, 5.41) is 13.4. The molecule has 2 aromatic rings. The third kappa shape index (κ3) is 6.17. The molecule has 6 nitrogen and oxygen atoms in total. The quantitative estimate of drug-likeness (QED) is 0.516. The second-order valence-electron chi connectivity index (χ2n) is 8.94. The van der Waals surface area contributed by atoms with Crippen molar-refractivity contribution in [1.82, 2.24) is 10.3 Å². The van der Waals surface area contributed by atoms with Crippen molar-refractivity contribution < 1.29 is 9.90 Å². The lowest BCUT2D eigenvalue weighted by Crippen LogP contribution is -2.34. The van der Waals surface area contributed by atoms with Gasteiger partial charge >= 0.3 is 0 Å². The van der Waals surface area contributed by atoms with Crippen molar-refractivity contribution in [3.05, 3.63) is 65.2 Å². The number of rotatable bonds is 7. The zero-order chi connectivity index (χ0) is 22.2. The van der Waals surface area contributed by atoms with Gasteiger partial charge in [-0.2, -0.15) is 5.10 Å². The molecule has 6 heteroatoms. The van der Waals surface area contributed by atoms with E-state index in [9.17, 15) is 9.90 Å². The number of hydrogen-bond donors (Lipinski definition) is 2. The van der Waals surface area contributed by atoms with Crippen LogP contribution in [0.4, 0.5) is 5.69 Å². The molecule has 0 aromatic heterocycles. The molecule has 1 amide bonds. The maximum absolute atomic E-state index is 12.4. The number of nitrogens with zero attached hydrogens (tertiary/aromatic N) is 3. The summed E-state index contributed by atoms with van der Waals surface area (Å²) in [6.45, 7) is 5.47. The molecule has 0 radical (unpaired) electrons. The predicted octanol–water partition coefficient (Wildman–Crippen LogP) is 3.65. The van der Waals surface area contributed by atoms with E-state index in [1.807, 2.05) is 36.4 Å². The predicted molar refractivity (Wildman–Crippen MR) is 129 cm³/mol. The van der Waals surface area contributed by atoms with Crippen LogP contribution in [0.3, 0.4) is 0 Å². The number of carbonyl (C=O) groups excluding carboxylic acids is 1. The largest absolute Gasteiger partial charge is 0.396 e. The minimum atomic E-state index is -0.207. The monoisotopic (exact) mass is 434 g/mol. The molecule has 0 bridgehead atoms. The van der Waals surface area contributed by atoms with Crippen molar-refractivity contribution in [3.8, 4) is 0 Å². The summed E-state index contributed by atoms with van der Waals surface area (Å²) < 4.78 is 0. The van der Waals surface area contributed by atoms with Crippen molar-refractivity contribution >= 4 is 17.8 Å². The van der Waals surface area contributed by atoms with E-state index < -0.39 is 0 Å². The summed E-state index contributed by atoms with van der Waals surface area (Å²) in [7, 11) is 0. The molecule has 2 N–H and O–H groups in total. The van der Waals surface area contributed by atoms with Crippen LogP contribution in [-0.4, -0.2) is 54.9 Å². The lowest BCUT2D eigenvalue weighted by atomic mass is 9.97.